The summed E-state index contributed by atoms with van der Waals surface area (Å²) in [5.41, 5.74) is 1.22. The van der Waals surface area contributed by atoms with Gasteiger partial charge < -0.3 is 5.32 Å². The van der Waals surface area contributed by atoms with Crippen LogP contribution in [0.2, 0.25) is 0 Å². The fraction of sp³-hybridized carbons (Fsp3) is 0.200. The lowest BCUT2D eigenvalue weighted by Gasteiger charge is -2.20. The molecule has 82 valence electrons. The Balaban J connectivity index is 2.47. The lowest BCUT2D eigenvalue weighted by atomic mass is 10.1. The second-order valence-corrected chi connectivity index (χ2v) is 4.67. The first-order chi connectivity index (χ1) is 7.58. The Morgan fingerprint density at radius 1 is 1.56 bits per heavy atom. The van der Waals surface area contributed by atoms with E-state index in [1.807, 2.05) is 0 Å². The molecule has 1 aliphatic heterocycles. The van der Waals surface area contributed by atoms with Crippen LogP contribution in [0.1, 0.15) is 13.0 Å². The molecule has 3 rings (SSSR count). The summed E-state index contributed by atoms with van der Waals surface area (Å²) in [6.45, 7) is 1.69. The lowest BCUT2D eigenvalue weighted by molar-refractivity contribution is -0.119. The van der Waals surface area contributed by atoms with Crippen molar-refractivity contribution in [1.29, 1.82) is 0 Å². The van der Waals surface area contributed by atoms with Crippen LogP contribution in [0.3, 0.4) is 0 Å². The molecule has 6 heteroatoms. The maximum absolute atomic E-state index is 13.6. The minimum absolute atomic E-state index is 0.185. The number of benzene rings is 1. The van der Waals surface area contributed by atoms with Gasteiger partial charge in [-0.25, -0.2) is 4.68 Å². The van der Waals surface area contributed by atoms with Crippen molar-refractivity contribution in [3.63, 3.8) is 0 Å². The third-order valence-corrected chi connectivity index (χ3v) is 3.18. The van der Waals surface area contributed by atoms with Crippen molar-refractivity contribution in [3.05, 3.63) is 22.6 Å². The van der Waals surface area contributed by atoms with Gasteiger partial charge in [-0.15, -0.1) is 5.10 Å². The van der Waals surface area contributed by atoms with E-state index in [-0.39, 0.29) is 5.91 Å². The molecule has 1 aromatic carbocycles. The molecule has 0 fully saturated rings. The molecule has 1 aliphatic rings. The molecule has 0 radical (unpaired) electrons. The van der Waals surface area contributed by atoms with Gasteiger partial charge in [0.25, 0.3) is 0 Å². The number of halogens is 2. The summed E-state index contributed by atoms with van der Waals surface area (Å²) in [5.74, 6) is -0.740. The average Bonchev–Trinajstić information content (AvgIpc) is 2.54. The molecule has 1 aromatic heterocycles. The third kappa shape index (κ3) is 1.13. The minimum atomic E-state index is -0.555. The Morgan fingerprint density at radius 3 is 3.06 bits per heavy atom. The van der Waals surface area contributed by atoms with Crippen LogP contribution in [-0.2, 0) is 4.79 Å². The predicted molar refractivity (Wildman–Crippen MR) is 60.7 cm³/mol. The van der Waals surface area contributed by atoms with Gasteiger partial charge in [0, 0.05) is 4.47 Å². The summed E-state index contributed by atoms with van der Waals surface area (Å²) in [5, 5.41) is 6.91. The standard InChI is InChI=1S/C10H7BrFN3O/c1-4-10(16)13-7-3-5(11)2-6-8(7)15(4)14-9(6)12/h2-4H,1H3,(H,13,16)/t4-/m0/s1. The smallest absolute Gasteiger partial charge is 0.249 e. The Kier molecular flexibility index (Phi) is 1.85. The normalized spacial score (nSPS) is 18.9. The summed E-state index contributed by atoms with van der Waals surface area (Å²) in [7, 11) is 0. The van der Waals surface area contributed by atoms with Crippen molar-refractivity contribution < 1.29 is 9.18 Å². The molecule has 2 aromatic rings. The molecule has 4 nitrogen and oxygen atoms in total. The summed E-state index contributed by atoms with van der Waals surface area (Å²) in [6, 6.07) is 2.91. The van der Waals surface area contributed by atoms with Gasteiger partial charge in [-0.05, 0) is 19.1 Å². The van der Waals surface area contributed by atoms with E-state index in [4.69, 9.17) is 0 Å². The van der Waals surface area contributed by atoms with E-state index >= 15 is 0 Å². The molecule has 0 bridgehead atoms. The zero-order valence-corrected chi connectivity index (χ0v) is 9.88. The van der Waals surface area contributed by atoms with Crippen LogP contribution >= 0.6 is 15.9 Å². The quantitative estimate of drug-likeness (QED) is 0.807. The van der Waals surface area contributed by atoms with E-state index < -0.39 is 12.0 Å². The molecule has 0 aliphatic carbocycles. The van der Waals surface area contributed by atoms with Crippen molar-refractivity contribution in [2.75, 3.05) is 5.32 Å². The van der Waals surface area contributed by atoms with Crippen molar-refractivity contribution in [3.8, 4) is 0 Å². The van der Waals surface area contributed by atoms with Gasteiger partial charge in [-0.1, -0.05) is 15.9 Å². The van der Waals surface area contributed by atoms with E-state index in [1.165, 1.54) is 4.68 Å². The van der Waals surface area contributed by atoms with Crippen LogP contribution in [-0.4, -0.2) is 15.7 Å². The highest BCUT2D eigenvalue weighted by molar-refractivity contribution is 9.10. The largest absolute Gasteiger partial charge is 0.322 e. The van der Waals surface area contributed by atoms with Crippen LogP contribution in [0.15, 0.2) is 16.6 Å². The molecule has 1 amide bonds. The number of hydrogen-bond donors (Lipinski definition) is 1. The Bertz CT molecular complexity index is 622. The monoisotopic (exact) mass is 283 g/mol. The first-order valence-corrected chi connectivity index (χ1v) is 5.55. The highest BCUT2D eigenvalue weighted by Crippen LogP contribution is 2.34. The molecular formula is C10H7BrFN3O. The number of hydrogen-bond acceptors (Lipinski definition) is 2. The van der Waals surface area contributed by atoms with Crippen LogP contribution in [0.5, 0.6) is 0 Å². The number of aromatic nitrogens is 2. The summed E-state index contributed by atoms with van der Waals surface area (Å²) in [6.07, 6.45) is 0. The fourth-order valence-electron chi connectivity index (χ4n) is 1.93. The van der Waals surface area contributed by atoms with Crippen LogP contribution < -0.4 is 5.32 Å². The zero-order valence-electron chi connectivity index (χ0n) is 8.29. The third-order valence-electron chi connectivity index (χ3n) is 2.73. The van der Waals surface area contributed by atoms with Crippen molar-refractivity contribution >= 4 is 38.4 Å². The second kappa shape index (κ2) is 3.04. The molecule has 0 spiro atoms. The summed E-state index contributed by atoms with van der Waals surface area (Å²) >= 11 is 3.27. The molecular weight excluding hydrogens is 277 g/mol. The average molecular weight is 284 g/mol. The zero-order chi connectivity index (χ0) is 11.4. The van der Waals surface area contributed by atoms with E-state index in [1.54, 1.807) is 19.1 Å². The highest BCUT2D eigenvalue weighted by Gasteiger charge is 2.28. The van der Waals surface area contributed by atoms with Crippen molar-refractivity contribution in [2.45, 2.75) is 13.0 Å². The van der Waals surface area contributed by atoms with Crippen LogP contribution in [0.25, 0.3) is 10.9 Å². The van der Waals surface area contributed by atoms with Gasteiger partial charge in [0.05, 0.1) is 16.6 Å². The van der Waals surface area contributed by atoms with Gasteiger partial charge >= 0.3 is 0 Å². The summed E-state index contributed by atoms with van der Waals surface area (Å²) < 4.78 is 15.7. The van der Waals surface area contributed by atoms with Gasteiger partial charge in [-0.2, -0.15) is 4.39 Å². The van der Waals surface area contributed by atoms with E-state index in [2.05, 4.69) is 26.3 Å². The molecule has 2 heterocycles. The topological polar surface area (TPSA) is 46.9 Å². The van der Waals surface area contributed by atoms with E-state index in [0.29, 0.717) is 21.1 Å². The number of nitrogens with one attached hydrogen (secondary N) is 1. The van der Waals surface area contributed by atoms with Gasteiger partial charge in [0.15, 0.2) is 0 Å². The predicted octanol–water partition coefficient (Wildman–Crippen LogP) is 2.45. The van der Waals surface area contributed by atoms with E-state index in [9.17, 15) is 9.18 Å². The highest BCUT2D eigenvalue weighted by atomic mass is 79.9. The minimum Gasteiger partial charge on any atom is -0.322 e. The number of carbonyl (C=O) groups excluding carboxylic acids is 1. The molecule has 1 atom stereocenters. The maximum Gasteiger partial charge on any atom is 0.249 e. The Morgan fingerprint density at radius 2 is 2.31 bits per heavy atom. The molecule has 16 heavy (non-hydrogen) atoms. The Labute approximate surface area is 98.6 Å². The van der Waals surface area contributed by atoms with Gasteiger partial charge in [0.2, 0.25) is 11.9 Å². The van der Waals surface area contributed by atoms with Gasteiger partial charge in [0.1, 0.15) is 6.04 Å². The number of anilines is 1. The SMILES string of the molecule is C[C@H]1C(=O)Nc2cc(Br)cc3c(F)nn1c23. The van der Waals surface area contributed by atoms with Crippen molar-refractivity contribution in [1.82, 2.24) is 9.78 Å². The second-order valence-electron chi connectivity index (χ2n) is 3.75. The number of rotatable bonds is 0. The van der Waals surface area contributed by atoms with Gasteiger partial charge in [-0.3, -0.25) is 4.79 Å². The van der Waals surface area contributed by atoms with E-state index in [0.717, 1.165) is 0 Å². The number of amides is 1. The number of nitrogens with zero attached hydrogens (tertiary/aromatic N) is 2. The Hall–Kier alpha value is -1.43. The van der Waals surface area contributed by atoms with Crippen LogP contribution in [0, 0.1) is 5.95 Å². The first kappa shape index (κ1) is 9.77. The fourth-order valence-corrected chi connectivity index (χ4v) is 2.38. The molecule has 0 saturated heterocycles. The first-order valence-electron chi connectivity index (χ1n) is 4.76. The molecule has 0 unspecified atom stereocenters. The lowest BCUT2D eigenvalue weighted by Crippen LogP contribution is -2.28. The van der Waals surface area contributed by atoms with Crippen LogP contribution in [0.4, 0.5) is 10.1 Å². The molecule has 1 N–H and O–H groups in total. The van der Waals surface area contributed by atoms with Crippen molar-refractivity contribution in [2.24, 2.45) is 0 Å². The summed E-state index contributed by atoms with van der Waals surface area (Å²) in [4.78, 5) is 11.6. The maximum atomic E-state index is 13.6. The number of carbonyl (C=O) groups is 1. The molecule has 0 saturated carbocycles.